The number of hydrogen-bond donors (Lipinski definition) is 2. The summed E-state index contributed by atoms with van der Waals surface area (Å²) in [6.07, 6.45) is -1.23. The first kappa shape index (κ1) is 26.4. The molecule has 1 aliphatic heterocycles. The Labute approximate surface area is 228 Å². The van der Waals surface area contributed by atoms with E-state index in [9.17, 15) is 19.8 Å². The average Bonchev–Trinajstić information content (AvgIpc) is 3.40. The van der Waals surface area contributed by atoms with Crippen LogP contribution in [0.15, 0.2) is 48.1 Å². The Balaban J connectivity index is 1.42. The minimum Gasteiger partial charge on any atom is -0.390 e. The number of rotatable bonds is 4. The maximum absolute atomic E-state index is 17.4. The van der Waals surface area contributed by atoms with Crippen LogP contribution in [0.25, 0.3) is 0 Å². The van der Waals surface area contributed by atoms with Gasteiger partial charge in [0.25, 0.3) is 0 Å². The molecule has 0 bridgehead atoms. The van der Waals surface area contributed by atoms with Gasteiger partial charge in [-0.25, -0.2) is 8.78 Å². The molecule has 10 atom stereocenters. The number of aliphatic hydroxyl groups excluding tert-OH is 2. The molecule has 0 unspecified atom stereocenters. The summed E-state index contributed by atoms with van der Waals surface area (Å²) in [6.45, 7) is 2.51. The molecule has 6 nitrogen and oxygen atoms in total. The van der Waals surface area contributed by atoms with Crippen LogP contribution in [0.5, 0.6) is 0 Å². The number of allylic oxidation sites excluding steroid dienone is 4. The molecule has 38 heavy (non-hydrogen) atoms. The van der Waals surface area contributed by atoms with E-state index in [0.717, 1.165) is 11.6 Å². The van der Waals surface area contributed by atoms with Gasteiger partial charge in [0.2, 0.25) is 0 Å². The number of aliphatic hydroxyl groups is 2. The van der Waals surface area contributed by atoms with Crippen LogP contribution in [0, 0.1) is 22.7 Å². The number of Topliss-reactive ketones (excluding diaryl/α,β-unsaturated/α-hetero) is 1. The van der Waals surface area contributed by atoms with E-state index in [-0.39, 0.29) is 24.8 Å². The number of fused-ring (bicyclic) bond motifs is 7. The van der Waals surface area contributed by atoms with Gasteiger partial charge >= 0.3 is 0 Å². The van der Waals surface area contributed by atoms with Crippen molar-refractivity contribution in [3.05, 3.63) is 59.2 Å². The molecule has 0 radical (unpaired) electrons. The molecule has 4 aliphatic carbocycles. The van der Waals surface area contributed by atoms with Crippen LogP contribution in [0.4, 0.5) is 8.78 Å². The van der Waals surface area contributed by atoms with Crippen LogP contribution in [0.3, 0.4) is 0 Å². The molecule has 3 saturated carbocycles. The molecular weight excluding hydrogens is 562 g/mol. The Morgan fingerprint density at radius 2 is 1.89 bits per heavy atom. The van der Waals surface area contributed by atoms with Crippen LogP contribution >= 0.6 is 15.9 Å². The van der Waals surface area contributed by atoms with Crippen molar-refractivity contribution >= 4 is 27.5 Å². The first-order valence-electron chi connectivity index (χ1n) is 13.0. The van der Waals surface area contributed by atoms with Gasteiger partial charge in [0.15, 0.2) is 29.1 Å². The second-order valence-electron chi connectivity index (χ2n) is 11.9. The number of ether oxygens (including phenoxy) is 2. The van der Waals surface area contributed by atoms with Gasteiger partial charge in [0.1, 0.15) is 12.8 Å². The lowest BCUT2D eigenvalue weighted by Gasteiger charge is -2.63. The number of alkyl halides is 3. The lowest BCUT2D eigenvalue weighted by Crippen LogP contribution is -2.70. The number of ketones is 2. The molecule has 1 saturated heterocycles. The van der Waals surface area contributed by atoms with Crippen molar-refractivity contribution in [2.24, 2.45) is 22.7 Å². The van der Waals surface area contributed by atoms with Gasteiger partial charge in [-0.15, -0.1) is 0 Å². The zero-order chi connectivity index (χ0) is 27.3. The van der Waals surface area contributed by atoms with Crippen LogP contribution in [0.1, 0.15) is 50.5 Å². The molecule has 9 heteroatoms. The maximum Gasteiger partial charge on any atom is 0.193 e. The fourth-order valence-corrected chi connectivity index (χ4v) is 8.85. The van der Waals surface area contributed by atoms with Gasteiger partial charge in [0.05, 0.1) is 12.2 Å². The highest BCUT2D eigenvalue weighted by atomic mass is 79.9. The summed E-state index contributed by atoms with van der Waals surface area (Å²) < 4.78 is 45.8. The molecule has 1 heterocycles. The summed E-state index contributed by atoms with van der Waals surface area (Å²) in [4.78, 5) is 25.6. The predicted octanol–water partition coefficient (Wildman–Crippen LogP) is 4.22. The van der Waals surface area contributed by atoms with Crippen molar-refractivity contribution in [2.75, 3.05) is 6.61 Å². The highest BCUT2D eigenvalue weighted by Gasteiger charge is 2.80. The van der Waals surface area contributed by atoms with E-state index in [1.807, 2.05) is 24.3 Å². The number of halogens is 3. The van der Waals surface area contributed by atoms with E-state index in [0.29, 0.717) is 10.9 Å². The Bertz CT molecular complexity index is 1250. The molecular formula is C29H31BrF2O6. The number of carbonyl (C=O) groups excluding carboxylic acids is 2. The van der Waals surface area contributed by atoms with Crippen molar-refractivity contribution in [1.82, 2.24) is 0 Å². The molecule has 204 valence electrons. The van der Waals surface area contributed by atoms with E-state index in [1.54, 1.807) is 6.92 Å². The Morgan fingerprint density at radius 1 is 1.18 bits per heavy atom. The van der Waals surface area contributed by atoms with E-state index in [2.05, 4.69) is 15.9 Å². The van der Waals surface area contributed by atoms with Crippen molar-refractivity contribution in [3.63, 3.8) is 0 Å². The van der Waals surface area contributed by atoms with Crippen molar-refractivity contribution in [3.8, 4) is 0 Å². The number of hydrogen-bond acceptors (Lipinski definition) is 6. The highest BCUT2D eigenvalue weighted by Crippen LogP contribution is 2.72. The monoisotopic (exact) mass is 592 g/mol. The first-order chi connectivity index (χ1) is 18.0. The van der Waals surface area contributed by atoms with Crippen LogP contribution in [-0.2, 0) is 24.4 Å². The van der Waals surface area contributed by atoms with Crippen molar-refractivity contribution < 1.29 is 38.1 Å². The number of benzene rings is 1. The Morgan fingerprint density at radius 3 is 2.55 bits per heavy atom. The normalized spacial score (nSPS) is 47.1. The third kappa shape index (κ3) is 3.11. The highest BCUT2D eigenvalue weighted by molar-refractivity contribution is 9.08. The van der Waals surface area contributed by atoms with Crippen LogP contribution < -0.4 is 0 Å². The van der Waals surface area contributed by atoms with E-state index < -0.39 is 76.8 Å². The molecule has 2 N–H and O–H groups in total. The SMILES string of the molecule is C[C@]12C=CC(=O)C=C1[C@@H](F)C[C@H]1[C@@H]3C[C@H]4O[C@@H](c5ccc(CBr)cc5)O[C@@]4(C(=O)CO)[C@@]3(C)C[C@H](O)[C@@]12F. The predicted molar refractivity (Wildman–Crippen MR) is 137 cm³/mol. The summed E-state index contributed by atoms with van der Waals surface area (Å²) in [5.41, 5.74) is -4.75. The molecule has 1 aromatic rings. The van der Waals surface area contributed by atoms with E-state index in [1.165, 1.54) is 19.1 Å². The fraction of sp³-hybridized carbons (Fsp3) is 0.586. The third-order valence-corrected chi connectivity index (χ3v) is 11.0. The van der Waals surface area contributed by atoms with E-state index >= 15 is 8.78 Å². The maximum atomic E-state index is 17.4. The lowest BCUT2D eigenvalue weighted by molar-refractivity contribution is -0.235. The van der Waals surface area contributed by atoms with Crippen molar-refractivity contribution in [2.45, 2.75) is 74.4 Å². The quantitative estimate of drug-likeness (QED) is 0.508. The van der Waals surface area contributed by atoms with Gasteiger partial charge in [-0.05, 0) is 55.4 Å². The second-order valence-corrected chi connectivity index (χ2v) is 12.4. The van der Waals surface area contributed by atoms with Gasteiger partial charge in [0, 0.05) is 27.6 Å². The topological polar surface area (TPSA) is 93.1 Å². The van der Waals surface area contributed by atoms with Crippen molar-refractivity contribution in [1.29, 1.82) is 0 Å². The zero-order valence-electron chi connectivity index (χ0n) is 21.2. The minimum atomic E-state index is -2.27. The smallest absolute Gasteiger partial charge is 0.193 e. The lowest BCUT2D eigenvalue weighted by atomic mass is 9.44. The largest absolute Gasteiger partial charge is 0.390 e. The van der Waals surface area contributed by atoms with Gasteiger partial charge < -0.3 is 19.7 Å². The zero-order valence-corrected chi connectivity index (χ0v) is 22.8. The molecule has 0 aromatic heterocycles. The molecule has 4 fully saturated rings. The summed E-state index contributed by atoms with van der Waals surface area (Å²) in [6, 6.07) is 7.52. The first-order valence-corrected chi connectivity index (χ1v) is 14.2. The summed E-state index contributed by atoms with van der Waals surface area (Å²) in [7, 11) is 0. The average molecular weight is 593 g/mol. The van der Waals surface area contributed by atoms with E-state index in [4.69, 9.17) is 9.47 Å². The second kappa shape index (κ2) is 8.61. The molecule has 1 aromatic carbocycles. The summed E-state index contributed by atoms with van der Waals surface area (Å²) in [5.74, 6) is -2.54. The standard InChI is InChI=1S/C29H31BrF2O6/c1-26-8-7-17(34)9-20(26)21(31)10-19-18-11-24-29(23(36)14-33,27(18,2)12-22(35)28(19,26)32)38-25(37-24)16-5-3-15(13-30)4-6-16/h3-9,18-19,21-22,24-25,33,35H,10-14H2,1-2H3/t18-,19-,21-,22-,24+,25+,26-,27-,28-,29+/m0/s1. The third-order valence-electron chi connectivity index (χ3n) is 10.3. The molecule has 5 aliphatic rings. The molecule has 0 spiro atoms. The van der Waals surface area contributed by atoms with Gasteiger partial charge in [-0.1, -0.05) is 53.2 Å². The Kier molecular flexibility index (Phi) is 5.99. The van der Waals surface area contributed by atoms with Gasteiger partial charge in [-0.2, -0.15) is 0 Å². The Hall–Kier alpha value is -1.78. The fourth-order valence-electron chi connectivity index (χ4n) is 8.48. The molecule has 6 rings (SSSR count). The van der Waals surface area contributed by atoms with Gasteiger partial charge in [-0.3, -0.25) is 9.59 Å². The molecule has 0 amide bonds. The van der Waals surface area contributed by atoms with Crippen LogP contribution in [0.2, 0.25) is 0 Å². The minimum absolute atomic E-state index is 0.0465. The number of carbonyl (C=O) groups is 2. The van der Waals surface area contributed by atoms with Crippen LogP contribution in [-0.4, -0.2) is 58.0 Å². The summed E-state index contributed by atoms with van der Waals surface area (Å²) >= 11 is 3.42. The summed E-state index contributed by atoms with van der Waals surface area (Å²) in [5, 5.41) is 22.3.